The van der Waals surface area contributed by atoms with Gasteiger partial charge in [-0.1, -0.05) is 18.6 Å². The minimum absolute atomic E-state index is 0.255. The van der Waals surface area contributed by atoms with E-state index < -0.39 is 12.0 Å². The standard InChI is InChI=1S/C15H20FNO2/c16-13-7-4-12(5-8-13)6-9-14(15(18)19)17-10-2-1-3-11-17/h4-5,7-8,14H,1-3,6,9-11H2,(H,18,19). The molecule has 0 radical (unpaired) electrons. The van der Waals surface area contributed by atoms with E-state index in [0.717, 1.165) is 31.5 Å². The number of nitrogens with zero attached hydrogens (tertiary/aromatic N) is 1. The molecule has 3 nitrogen and oxygen atoms in total. The first-order chi connectivity index (χ1) is 9.16. The zero-order chi connectivity index (χ0) is 13.7. The number of carboxylic acid groups (broad SMARTS) is 1. The Hall–Kier alpha value is -1.42. The molecule has 1 aliphatic heterocycles. The first-order valence-corrected chi connectivity index (χ1v) is 6.88. The summed E-state index contributed by atoms with van der Waals surface area (Å²) < 4.78 is 12.8. The van der Waals surface area contributed by atoms with Crippen LogP contribution in [0.2, 0.25) is 0 Å². The Morgan fingerprint density at radius 2 is 1.84 bits per heavy atom. The number of piperidine rings is 1. The molecule has 1 fully saturated rings. The lowest BCUT2D eigenvalue weighted by atomic mass is 10.0. The van der Waals surface area contributed by atoms with Crippen molar-refractivity contribution in [1.29, 1.82) is 0 Å². The van der Waals surface area contributed by atoms with Crippen LogP contribution in [-0.2, 0) is 11.2 Å². The topological polar surface area (TPSA) is 40.5 Å². The van der Waals surface area contributed by atoms with Crippen LogP contribution in [0.5, 0.6) is 0 Å². The van der Waals surface area contributed by atoms with E-state index in [1.54, 1.807) is 12.1 Å². The number of benzene rings is 1. The summed E-state index contributed by atoms with van der Waals surface area (Å²) in [5.74, 6) is -1.00. The van der Waals surface area contributed by atoms with Gasteiger partial charge < -0.3 is 5.11 Å². The van der Waals surface area contributed by atoms with Gasteiger partial charge in [0.2, 0.25) is 0 Å². The van der Waals surface area contributed by atoms with E-state index in [-0.39, 0.29) is 5.82 Å². The number of halogens is 1. The number of hydrogen-bond donors (Lipinski definition) is 1. The van der Waals surface area contributed by atoms with Gasteiger partial charge in [0.25, 0.3) is 0 Å². The van der Waals surface area contributed by atoms with Crippen LogP contribution in [0, 0.1) is 5.82 Å². The predicted octanol–water partition coefficient (Wildman–Crippen LogP) is 2.70. The zero-order valence-corrected chi connectivity index (χ0v) is 11.0. The van der Waals surface area contributed by atoms with Crippen molar-refractivity contribution in [1.82, 2.24) is 4.90 Å². The highest BCUT2D eigenvalue weighted by molar-refractivity contribution is 5.73. The van der Waals surface area contributed by atoms with Crippen LogP contribution in [0.4, 0.5) is 4.39 Å². The molecule has 19 heavy (non-hydrogen) atoms. The molecular formula is C15H20FNO2. The molecule has 0 saturated carbocycles. The Labute approximate surface area is 113 Å². The largest absolute Gasteiger partial charge is 0.480 e. The van der Waals surface area contributed by atoms with Crippen molar-refractivity contribution < 1.29 is 14.3 Å². The summed E-state index contributed by atoms with van der Waals surface area (Å²) in [5.41, 5.74) is 0.990. The molecule has 0 bridgehead atoms. The van der Waals surface area contributed by atoms with E-state index in [2.05, 4.69) is 4.90 Å². The summed E-state index contributed by atoms with van der Waals surface area (Å²) in [4.78, 5) is 13.4. The maximum atomic E-state index is 12.8. The van der Waals surface area contributed by atoms with E-state index >= 15 is 0 Å². The van der Waals surface area contributed by atoms with Gasteiger partial charge in [-0.2, -0.15) is 0 Å². The third kappa shape index (κ3) is 4.03. The van der Waals surface area contributed by atoms with Crippen LogP contribution in [0.1, 0.15) is 31.2 Å². The quantitative estimate of drug-likeness (QED) is 0.890. The molecule has 0 spiro atoms. The minimum Gasteiger partial charge on any atom is -0.480 e. The van der Waals surface area contributed by atoms with E-state index in [9.17, 15) is 14.3 Å². The van der Waals surface area contributed by atoms with Crippen molar-refractivity contribution in [3.05, 3.63) is 35.6 Å². The molecule has 0 aliphatic carbocycles. The average Bonchev–Trinajstić information content (AvgIpc) is 2.42. The summed E-state index contributed by atoms with van der Waals surface area (Å²) in [7, 11) is 0. The van der Waals surface area contributed by atoms with Crippen molar-refractivity contribution in [2.75, 3.05) is 13.1 Å². The lowest BCUT2D eigenvalue weighted by Gasteiger charge is -2.32. The lowest BCUT2D eigenvalue weighted by Crippen LogP contribution is -2.44. The molecule has 104 valence electrons. The first-order valence-electron chi connectivity index (χ1n) is 6.88. The Kier molecular flexibility index (Phi) is 4.91. The van der Waals surface area contributed by atoms with Gasteiger partial charge >= 0.3 is 5.97 Å². The Morgan fingerprint density at radius 1 is 1.21 bits per heavy atom. The molecule has 1 atom stereocenters. The molecule has 2 rings (SSSR count). The highest BCUT2D eigenvalue weighted by atomic mass is 19.1. The van der Waals surface area contributed by atoms with Crippen molar-refractivity contribution in [2.45, 2.75) is 38.1 Å². The van der Waals surface area contributed by atoms with E-state index in [1.807, 2.05) is 0 Å². The molecule has 4 heteroatoms. The highest BCUT2D eigenvalue weighted by Crippen LogP contribution is 2.17. The zero-order valence-electron chi connectivity index (χ0n) is 11.0. The number of carbonyl (C=O) groups is 1. The van der Waals surface area contributed by atoms with Crippen molar-refractivity contribution in [3.63, 3.8) is 0 Å². The Bertz CT molecular complexity index is 413. The maximum Gasteiger partial charge on any atom is 0.320 e. The molecule has 1 aliphatic rings. The molecule has 1 unspecified atom stereocenters. The van der Waals surface area contributed by atoms with Crippen molar-refractivity contribution in [2.24, 2.45) is 0 Å². The molecule has 1 aromatic rings. The average molecular weight is 265 g/mol. The van der Waals surface area contributed by atoms with Crippen LogP contribution in [0.15, 0.2) is 24.3 Å². The molecule has 0 aromatic heterocycles. The monoisotopic (exact) mass is 265 g/mol. The van der Waals surface area contributed by atoms with Crippen LogP contribution < -0.4 is 0 Å². The van der Waals surface area contributed by atoms with Crippen molar-refractivity contribution >= 4 is 5.97 Å². The molecular weight excluding hydrogens is 245 g/mol. The van der Waals surface area contributed by atoms with Gasteiger partial charge in [0.1, 0.15) is 11.9 Å². The third-order valence-corrected chi connectivity index (χ3v) is 3.74. The molecule has 1 aromatic carbocycles. The van der Waals surface area contributed by atoms with Crippen LogP contribution >= 0.6 is 0 Å². The second kappa shape index (κ2) is 6.66. The van der Waals surface area contributed by atoms with Gasteiger partial charge in [-0.3, -0.25) is 9.69 Å². The number of aliphatic carboxylic acids is 1. The fraction of sp³-hybridized carbons (Fsp3) is 0.533. The fourth-order valence-electron chi connectivity index (χ4n) is 2.65. The van der Waals surface area contributed by atoms with Crippen LogP contribution in [0.25, 0.3) is 0 Å². The Balaban J connectivity index is 1.93. The highest BCUT2D eigenvalue weighted by Gasteiger charge is 2.26. The van der Waals surface area contributed by atoms with Crippen molar-refractivity contribution in [3.8, 4) is 0 Å². The molecule has 1 saturated heterocycles. The Morgan fingerprint density at radius 3 is 2.42 bits per heavy atom. The van der Waals surface area contributed by atoms with Gasteiger partial charge in [0.15, 0.2) is 0 Å². The smallest absolute Gasteiger partial charge is 0.320 e. The summed E-state index contributed by atoms with van der Waals surface area (Å²) in [5, 5.41) is 9.35. The lowest BCUT2D eigenvalue weighted by molar-refractivity contribution is -0.144. The fourth-order valence-corrected chi connectivity index (χ4v) is 2.65. The summed E-state index contributed by atoms with van der Waals surface area (Å²) in [6.07, 6.45) is 4.62. The first kappa shape index (κ1) is 14.0. The number of aryl methyl sites for hydroxylation is 1. The van der Waals surface area contributed by atoms with Gasteiger partial charge in [-0.15, -0.1) is 0 Å². The van der Waals surface area contributed by atoms with E-state index in [4.69, 9.17) is 0 Å². The van der Waals surface area contributed by atoms with Gasteiger partial charge in [-0.05, 0) is 56.5 Å². The van der Waals surface area contributed by atoms with Gasteiger partial charge in [-0.25, -0.2) is 4.39 Å². The number of hydrogen-bond acceptors (Lipinski definition) is 2. The normalized spacial score (nSPS) is 18.2. The predicted molar refractivity (Wildman–Crippen MR) is 71.6 cm³/mol. The second-order valence-corrected chi connectivity index (χ2v) is 5.12. The number of rotatable bonds is 5. The summed E-state index contributed by atoms with van der Waals surface area (Å²) >= 11 is 0. The SMILES string of the molecule is O=C(O)C(CCc1ccc(F)cc1)N1CCCCC1. The van der Waals surface area contributed by atoms with Gasteiger partial charge in [0.05, 0.1) is 0 Å². The maximum absolute atomic E-state index is 12.8. The van der Waals surface area contributed by atoms with E-state index in [0.29, 0.717) is 12.8 Å². The molecule has 1 N–H and O–H groups in total. The molecule has 1 heterocycles. The van der Waals surface area contributed by atoms with Crippen LogP contribution in [0.3, 0.4) is 0 Å². The second-order valence-electron chi connectivity index (χ2n) is 5.12. The number of likely N-dealkylation sites (tertiary alicyclic amines) is 1. The summed E-state index contributed by atoms with van der Waals surface area (Å²) in [6, 6.07) is 5.89. The summed E-state index contributed by atoms with van der Waals surface area (Å²) in [6.45, 7) is 1.75. The van der Waals surface area contributed by atoms with Gasteiger partial charge in [0, 0.05) is 0 Å². The third-order valence-electron chi connectivity index (χ3n) is 3.74. The molecule has 0 amide bonds. The van der Waals surface area contributed by atoms with E-state index in [1.165, 1.54) is 18.6 Å². The minimum atomic E-state index is -0.746. The number of carboxylic acids is 1. The van der Waals surface area contributed by atoms with Crippen LogP contribution in [-0.4, -0.2) is 35.1 Å².